The molecule has 1 unspecified atom stereocenters. The van der Waals surface area contributed by atoms with Crippen LogP contribution in [-0.4, -0.2) is 71.8 Å². The van der Waals surface area contributed by atoms with Crippen LogP contribution in [0.3, 0.4) is 0 Å². The topological polar surface area (TPSA) is 3.88 Å². The number of nitrogens with zero attached hydrogens (tertiary/aromatic N) is 1. The maximum absolute atomic E-state index is 6.30. The Hall–Kier alpha value is -0.981. The normalized spacial score (nSPS) is 20.2. The number of benzene rings is 1. The second-order valence-electron chi connectivity index (χ2n) is 9.33. The van der Waals surface area contributed by atoms with Crippen molar-refractivity contribution in [1.29, 1.82) is 0 Å². The molecule has 1 aliphatic rings. The summed E-state index contributed by atoms with van der Waals surface area (Å²) in [4.78, 5) is 0. The molecule has 1 fully saturated rings. The van der Waals surface area contributed by atoms with Crippen molar-refractivity contribution in [2.24, 2.45) is 13.0 Å². The summed E-state index contributed by atoms with van der Waals surface area (Å²) < 4.78 is 2.14. The highest BCUT2D eigenvalue weighted by atomic mass is 14.9. The fourth-order valence-electron chi connectivity index (χ4n) is 5.38. The summed E-state index contributed by atoms with van der Waals surface area (Å²) in [6.45, 7) is 5.92. The van der Waals surface area contributed by atoms with Gasteiger partial charge in [0, 0.05) is 77.3 Å². The average Bonchev–Trinajstić information content (AvgIpc) is 3.28. The largest absolute Gasteiger partial charge is 0.251 e. The van der Waals surface area contributed by atoms with Crippen molar-refractivity contribution in [1.82, 2.24) is 0 Å². The van der Waals surface area contributed by atoms with Crippen molar-refractivity contribution in [3.63, 3.8) is 0 Å². The van der Waals surface area contributed by atoms with Crippen molar-refractivity contribution in [3.05, 3.63) is 48.2 Å². The maximum atomic E-state index is 6.30. The van der Waals surface area contributed by atoms with Gasteiger partial charge in [0.1, 0.15) is 12.6 Å². The van der Waals surface area contributed by atoms with Gasteiger partial charge in [-0.25, -0.2) is 4.57 Å². The Balaban J connectivity index is 1.98. The smallest absolute Gasteiger partial charge is 0.215 e. The summed E-state index contributed by atoms with van der Waals surface area (Å²) in [6, 6.07) is 13.2. The van der Waals surface area contributed by atoms with Crippen LogP contribution >= 0.6 is 0 Å². The molecule has 0 saturated carbocycles. The summed E-state index contributed by atoms with van der Waals surface area (Å²) in [5.74, 6) is 0.858. The molecule has 2 aromatic rings. The monoisotopic (exact) mass is 375 g/mol. The average molecular weight is 374 g/mol. The molecule has 1 aliphatic heterocycles. The van der Waals surface area contributed by atoms with E-state index in [-0.39, 0.29) is 19.0 Å². The van der Waals surface area contributed by atoms with Crippen LogP contribution in [0.4, 0.5) is 0 Å². The van der Waals surface area contributed by atoms with E-state index in [1.54, 1.807) is 7.06 Å². The quantitative estimate of drug-likeness (QED) is 0.446. The molecule has 11 radical (unpaired) electrons. The highest BCUT2D eigenvalue weighted by molar-refractivity contribution is 7.76. The van der Waals surface area contributed by atoms with E-state index in [0.29, 0.717) is 5.92 Å². The van der Waals surface area contributed by atoms with E-state index >= 15 is 0 Å². The zero-order chi connectivity index (χ0) is 22.2. The molecule has 2 atom stereocenters. The van der Waals surface area contributed by atoms with E-state index in [0.717, 1.165) is 6.42 Å². The van der Waals surface area contributed by atoms with Crippen LogP contribution in [0.1, 0.15) is 26.3 Å². The number of pyridine rings is 1. The van der Waals surface area contributed by atoms with Gasteiger partial charge >= 0.3 is 0 Å². The molecule has 3 rings (SSSR count). The molecule has 0 bridgehead atoms. The molecule has 133 valence electrons. The van der Waals surface area contributed by atoms with Gasteiger partial charge in [-0.05, 0) is 29.0 Å². The molecule has 11 heteroatoms. The Bertz CT molecular complexity index is 872. The van der Waals surface area contributed by atoms with Gasteiger partial charge in [0.05, 0.1) is 0 Å². The molecule has 1 aromatic heterocycles. The van der Waals surface area contributed by atoms with Crippen LogP contribution in [0.5, 0.6) is 0 Å². The highest BCUT2D eigenvalue weighted by Gasteiger charge is 2.71. The molecule has 1 nitrogen and oxygen atoms in total. The second-order valence-corrected chi connectivity index (χ2v) is 9.33. The minimum Gasteiger partial charge on any atom is -0.215 e. The molecule has 1 aromatic carbocycles. The van der Waals surface area contributed by atoms with Crippen molar-refractivity contribution >= 4 is 77.4 Å². The highest BCUT2D eigenvalue weighted by Crippen LogP contribution is 2.64. The van der Waals surface area contributed by atoms with Crippen LogP contribution in [0.25, 0.3) is 11.1 Å². The Morgan fingerprint density at radius 1 is 1.10 bits per heavy atom. The predicted octanol–water partition coefficient (Wildman–Crippen LogP) is -0.191. The molecule has 2 heterocycles. The molecule has 30 heavy (non-hydrogen) atoms. The standard InChI is InChI=1S/C19H23B10N/c1-13(2)11-15-5-7-16(8-6-15)17-9-10-30(4)18(12-17)26-14(3)19(26,27(21)22)28(25-20)29(23)24/h5-10,12-14H,11H2,1-4H3/q+1/t14-,19?/m1/s1. The van der Waals surface area contributed by atoms with Crippen LogP contribution in [0, 0.1) is 5.92 Å². The van der Waals surface area contributed by atoms with Crippen molar-refractivity contribution < 1.29 is 4.57 Å². The van der Waals surface area contributed by atoms with Crippen LogP contribution in [-0.2, 0) is 13.5 Å². The fourth-order valence-corrected chi connectivity index (χ4v) is 5.38. The van der Waals surface area contributed by atoms with E-state index in [9.17, 15) is 0 Å². The molecular formula is C19H23B10N+. The Morgan fingerprint density at radius 2 is 1.73 bits per heavy atom. The predicted molar refractivity (Wildman–Crippen MR) is 141 cm³/mol. The number of hydrogen-bond acceptors (Lipinski definition) is 0. The van der Waals surface area contributed by atoms with Gasteiger partial charge in [-0.3, -0.25) is 0 Å². The van der Waals surface area contributed by atoms with Gasteiger partial charge in [0.2, 0.25) is 0 Å². The Labute approximate surface area is 192 Å². The van der Waals surface area contributed by atoms with Gasteiger partial charge in [-0.15, -0.1) is 5.11 Å². The molecule has 1 saturated heterocycles. The zero-order valence-electron chi connectivity index (χ0n) is 18.6. The summed E-state index contributed by atoms with van der Waals surface area (Å²) in [5, 5.41) is -0.458. The second kappa shape index (κ2) is 9.25. The fraction of sp³-hybridized carbons (Fsp3) is 0.421. The minimum atomic E-state index is -0.612. The van der Waals surface area contributed by atoms with Gasteiger partial charge in [-0.2, -0.15) is 0 Å². The lowest BCUT2D eigenvalue weighted by molar-refractivity contribution is -0.654. The van der Waals surface area contributed by atoms with Crippen molar-refractivity contribution in [3.8, 4) is 11.1 Å². The first-order valence-corrected chi connectivity index (χ1v) is 10.8. The van der Waals surface area contributed by atoms with E-state index in [4.69, 9.17) is 38.7 Å². The Kier molecular flexibility index (Phi) is 7.30. The third kappa shape index (κ3) is 4.20. The molecular weight excluding hydrogens is 350 g/mol. The van der Waals surface area contributed by atoms with Gasteiger partial charge < -0.3 is 0 Å². The third-order valence-electron chi connectivity index (χ3n) is 6.93. The third-order valence-corrected chi connectivity index (χ3v) is 6.93. The first kappa shape index (κ1) is 23.7. The first-order chi connectivity index (χ1) is 14.1. The first-order valence-electron chi connectivity index (χ1n) is 10.8. The lowest BCUT2D eigenvalue weighted by Crippen LogP contribution is -2.59. The molecule has 0 spiro atoms. The molecule has 0 amide bonds. The van der Waals surface area contributed by atoms with E-state index in [1.165, 1.54) is 22.3 Å². The van der Waals surface area contributed by atoms with E-state index < -0.39 is 18.0 Å². The van der Waals surface area contributed by atoms with Crippen LogP contribution in [0.2, 0.25) is 10.9 Å². The van der Waals surface area contributed by atoms with Gasteiger partial charge in [-0.1, -0.05) is 50.9 Å². The van der Waals surface area contributed by atoms with Crippen LogP contribution < -0.4 is 10.2 Å². The number of aryl methyl sites for hydroxylation is 1. The zero-order valence-corrected chi connectivity index (χ0v) is 18.6. The lowest BCUT2D eigenvalue weighted by Gasteiger charge is -2.33. The van der Waals surface area contributed by atoms with Crippen molar-refractivity contribution in [2.45, 2.75) is 38.1 Å². The maximum Gasteiger partial charge on any atom is 0.251 e. The minimum absolute atomic E-state index is 0.127. The number of aromatic nitrogens is 1. The molecule has 0 aliphatic carbocycles. The summed E-state index contributed by atoms with van der Waals surface area (Å²) >= 11 is 0. The lowest BCUT2D eigenvalue weighted by atomic mass is 8.73. The summed E-state index contributed by atoms with van der Waals surface area (Å²) in [5.41, 5.74) is 4.89. The number of hydrogen-bond donors (Lipinski definition) is 0. The van der Waals surface area contributed by atoms with Gasteiger partial charge in [0.25, 0.3) is 6.71 Å². The van der Waals surface area contributed by atoms with Gasteiger partial charge in [0.15, 0.2) is 6.20 Å². The molecule has 0 N–H and O–H groups in total. The van der Waals surface area contributed by atoms with Crippen molar-refractivity contribution in [2.75, 3.05) is 0 Å². The van der Waals surface area contributed by atoms with E-state index in [1.807, 2.05) is 7.05 Å². The Morgan fingerprint density at radius 3 is 2.23 bits per heavy atom. The van der Waals surface area contributed by atoms with Crippen LogP contribution in [0.15, 0.2) is 42.6 Å². The SMILES string of the molecule is [B][B]B(B([B])[B])C1(B([B])[B])B(c2cc(-c3ccc(CC(C)C)cc3)cc[n+]2C)[C@@H]1C. The van der Waals surface area contributed by atoms with E-state index in [2.05, 4.69) is 67.9 Å². The summed E-state index contributed by atoms with van der Waals surface area (Å²) in [6.07, 6.45) is 2.56. The number of rotatable bonds is 8. The summed E-state index contributed by atoms with van der Waals surface area (Å²) in [7, 11) is 34.3.